The normalized spacial score (nSPS) is 18.5. The Kier molecular flexibility index (Phi) is 8.90. The third kappa shape index (κ3) is 5.85. The zero-order valence-electron chi connectivity index (χ0n) is 21.8. The number of nitrogens with one attached hydrogen (secondary N) is 1. The molecule has 10 heteroatoms. The smallest absolute Gasteiger partial charge is 0.254 e. The van der Waals surface area contributed by atoms with Crippen molar-refractivity contribution >= 4 is 32.7 Å². The molecule has 0 bridgehead atoms. The van der Waals surface area contributed by atoms with E-state index in [0.29, 0.717) is 35.9 Å². The van der Waals surface area contributed by atoms with Crippen LogP contribution in [0.25, 0.3) is 10.9 Å². The van der Waals surface area contributed by atoms with Gasteiger partial charge in [0.15, 0.2) is 0 Å². The Labute approximate surface area is 218 Å². The molecule has 1 N–H and O–H groups in total. The van der Waals surface area contributed by atoms with E-state index in [1.165, 1.54) is 8.87 Å². The average molecular weight is 536 g/mol. The molecule has 0 spiro atoms. The fourth-order valence-corrected chi connectivity index (χ4v) is 7.00. The van der Waals surface area contributed by atoms with Crippen LogP contribution in [0.2, 0.25) is 0 Å². The summed E-state index contributed by atoms with van der Waals surface area (Å²) in [5, 5.41) is 3.44. The number of alkyl halides is 1. The summed E-state index contributed by atoms with van der Waals surface area (Å²) >= 11 is 0. The van der Waals surface area contributed by atoms with Crippen LogP contribution in [-0.4, -0.2) is 74.4 Å². The molecule has 1 aromatic carbocycles. The highest BCUT2D eigenvalue weighted by molar-refractivity contribution is 7.90. The van der Waals surface area contributed by atoms with E-state index in [4.69, 9.17) is 4.74 Å². The molecule has 1 atom stereocenters. The second-order valence-electron chi connectivity index (χ2n) is 9.99. The van der Waals surface area contributed by atoms with Crippen LogP contribution < -0.4 is 5.32 Å². The molecular weight excluding hydrogens is 497 g/mol. The molecule has 1 aromatic heterocycles. The zero-order valence-corrected chi connectivity index (χ0v) is 22.6. The zero-order chi connectivity index (χ0) is 26.6. The third-order valence-corrected chi connectivity index (χ3v) is 9.51. The van der Waals surface area contributed by atoms with Gasteiger partial charge in [0.2, 0.25) is 15.9 Å². The maximum atomic E-state index is 13.4. The van der Waals surface area contributed by atoms with E-state index in [0.717, 1.165) is 55.5 Å². The van der Waals surface area contributed by atoms with Crippen LogP contribution in [0.15, 0.2) is 18.2 Å². The second-order valence-corrected chi connectivity index (χ2v) is 12.1. The lowest BCUT2D eigenvalue weighted by molar-refractivity contribution is -0.121. The van der Waals surface area contributed by atoms with Crippen LogP contribution in [0, 0.1) is 11.8 Å². The molecule has 204 valence electrons. The summed E-state index contributed by atoms with van der Waals surface area (Å²) in [5.41, 5.74) is 2.90. The van der Waals surface area contributed by atoms with E-state index in [-0.39, 0.29) is 37.1 Å². The summed E-state index contributed by atoms with van der Waals surface area (Å²) in [6.45, 7) is 4.93. The van der Waals surface area contributed by atoms with E-state index in [1.807, 2.05) is 0 Å². The molecule has 2 heterocycles. The summed E-state index contributed by atoms with van der Waals surface area (Å²) in [4.78, 5) is 27.1. The van der Waals surface area contributed by atoms with E-state index in [1.54, 1.807) is 32.0 Å². The summed E-state index contributed by atoms with van der Waals surface area (Å²) in [6.07, 6.45) is 4.70. The maximum Gasteiger partial charge on any atom is 0.254 e. The lowest BCUT2D eigenvalue weighted by Gasteiger charge is -2.33. The predicted molar refractivity (Wildman–Crippen MR) is 141 cm³/mol. The Morgan fingerprint density at radius 1 is 1.16 bits per heavy atom. The first-order chi connectivity index (χ1) is 17.8. The van der Waals surface area contributed by atoms with E-state index in [9.17, 15) is 22.4 Å². The van der Waals surface area contributed by atoms with Crippen LogP contribution >= 0.6 is 0 Å². The van der Waals surface area contributed by atoms with Gasteiger partial charge >= 0.3 is 0 Å². The molecule has 2 aliphatic rings. The van der Waals surface area contributed by atoms with Gasteiger partial charge in [-0.25, -0.2) is 12.4 Å². The quantitative estimate of drug-likeness (QED) is 0.471. The number of hydrogen-bond donors (Lipinski definition) is 1. The SMILES string of the molecule is CCN(CC(=O)NCCCF)C(=O)c1ccc2c(c1)c1c(n2S(=O)(=O)CC)CCC(C2CCOCC2)C1. The number of likely N-dealkylation sites (N-methyl/N-ethyl adjacent to an activating group) is 1. The fourth-order valence-electron chi connectivity index (χ4n) is 5.75. The largest absolute Gasteiger partial charge is 0.381 e. The van der Waals surface area contributed by atoms with E-state index < -0.39 is 16.7 Å². The molecule has 8 nitrogen and oxygen atoms in total. The van der Waals surface area contributed by atoms with Crippen molar-refractivity contribution in [1.82, 2.24) is 14.2 Å². The summed E-state index contributed by atoms with van der Waals surface area (Å²) in [7, 11) is -3.52. The van der Waals surface area contributed by atoms with Gasteiger partial charge in [-0.05, 0) is 88.0 Å². The number of carbonyl (C=O) groups is 2. The van der Waals surface area contributed by atoms with Gasteiger partial charge in [-0.3, -0.25) is 14.0 Å². The minimum absolute atomic E-state index is 0.00553. The van der Waals surface area contributed by atoms with Gasteiger partial charge in [-0.15, -0.1) is 0 Å². The lowest BCUT2D eigenvalue weighted by atomic mass is 9.75. The van der Waals surface area contributed by atoms with Crippen molar-refractivity contribution in [1.29, 1.82) is 0 Å². The van der Waals surface area contributed by atoms with E-state index in [2.05, 4.69) is 5.32 Å². The highest BCUT2D eigenvalue weighted by atomic mass is 32.2. The summed E-state index contributed by atoms with van der Waals surface area (Å²) < 4.78 is 45.7. The Balaban J connectivity index is 1.68. The van der Waals surface area contributed by atoms with Crippen LogP contribution in [-0.2, 0) is 32.4 Å². The van der Waals surface area contributed by atoms with Crippen molar-refractivity contribution < 1.29 is 27.1 Å². The number of halogens is 1. The highest BCUT2D eigenvalue weighted by Crippen LogP contribution is 2.40. The summed E-state index contributed by atoms with van der Waals surface area (Å²) in [5.74, 6) is 0.385. The number of benzene rings is 1. The number of fused-ring (bicyclic) bond motifs is 3. The topological polar surface area (TPSA) is 97.7 Å². The lowest BCUT2D eigenvalue weighted by Crippen LogP contribution is -2.41. The Bertz CT molecular complexity index is 1240. The molecular formula is C27H38FN3O5S. The minimum atomic E-state index is -3.52. The third-order valence-electron chi connectivity index (χ3n) is 7.81. The molecule has 0 radical (unpaired) electrons. The van der Waals surface area contributed by atoms with Crippen molar-refractivity contribution in [2.45, 2.75) is 52.4 Å². The average Bonchev–Trinajstić information content (AvgIpc) is 3.25. The molecule has 4 rings (SSSR count). The first-order valence-corrected chi connectivity index (χ1v) is 15.0. The van der Waals surface area contributed by atoms with Gasteiger partial charge in [-0.2, -0.15) is 0 Å². The first kappa shape index (κ1) is 27.6. The highest BCUT2D eigenvalue weighted by Gasteiger charge is 2.34. The summed E-state index contributed by atoms with van der Waals surface area (Å²) in [6, 6.07) is 5.18. The van der Waals surface area contributed by atoms with Gasteiger partial charge in [-0.1, -0.05) is 0 Å². The Morgan fingerprint density at radius 2 is 1.92 bits per heavy atom. The van der Waals surface area contributed by atoms with Gasteiger partial charge in [0, 0.05) is 42.9 Å². The van der Waals surface area contributed by atoms with Crippen LogP contribution in [0.3, 0.4) is 0 Å². The molecule has 37 heavy (non-hydrogen) atoms. The van der Waals surface area contributed by atoms with Gasteiger partial charge < -0.3 is 15.0 Å². The van der Waals surface area contributed by atoms with Gasteiger partial charge in [0.05, 0.1) is 24.5 Å². The Morgan fingerprint density at radius 3 is 2.59 bits per heavy atom. The number of ether oxygens (including phenoxy) is 1. The minimum Gasteiger partial charge on any atom is -0.381 e. The van der Waals surface area contributed by atoms with E-state index >= 15 is 0 Å². The number of nitrogens with zero attached hydrogens (tertiary/aromatic N) is 2. The Hall–Kier alpha value is -2.46. The molecule has 1 aliphatic carbocycles. The number of carbonyl (C=O) groups excluding carboxylic acids is 2. The van der Waals surface area contributed by atoms with Crippen LogP contribution in [0.1, 0.15) is 61.1 Å². The standard InChI is InChI=1S/C27H38FN3O5S/c1-3-30(18-26(32)29-13-5-12-28)27(33)21-7-9-25-23(17-21)22-16-20(19-10-14-36-15-11-19)6-8-24(22)31(25)37(34,35)4-2/h7,9,17,19-20H,3-6,8,10-16,18H2,1-2H3,(H,29,32). The van der Waals surface area contributed by atoms with Gasteiger partial charge in [0.25, 0.3) is 5.91 Å². The first-order valence-electron chi connectivity index (χ1n) is 13.4. The fraction of sp³-hybridized carbons (Fsp3) is 0.630. The molecule has 0 saturated carbocycles. The maximum absolute atomic E-state index is 13.4. The molecule has 2 aromatic rings. The van der Waals surface area contributed by atoms with Crippen molar-refractivity contribution in [3.63, 3.8) is 0 Å². The molecule has 2 amide bonds. The number of rotatable bonds is 10. The molecule has 1 fully saturated rings. The number of aromatic nitrogens is 1. The molecule has 1 saturated heterocycles. The monoisotopic (exact) mass is 535 g/mol. The van der Waals surface area contributed by atoms with Crippen molar-refractivity contribution in [2.24, 2.45) is 11.8 Å². The van der Waals surface area contributed by atoms with Crippen LogP contribution in [0.4, 0.5) is 4.39 Å². The predicted octanol–water partition coefficient (Wildman–Crippen LogP) is 3.31. The van der Waals surface area contributed by atoms with Crippen LogP contribution in [0.5, 0.6) is 0 Å². The second kappa shape index (κ2) is 11.9. The number of hydrogen-bond acceptors (Lipinski definition) is 5. The van der Waals surface area contributed by atoms with Gasteiger partial charge in [0.1, 0.15) is 0 Å². The van der Waals surface area contributed by atoms with Crippen molar-refractivity contribution in [3.8, 4) is 0 Å². The van der Waals surface area contributed by atoms with Crippen molar-refractivity contribution in [3.05, 3.63) is 35.0 Å². The number of amides is 2. The molecule has 1 aliphatic heterocycles. The van der Waals surface area contributed by atoms with Crippen molar-refractivity contribution in [2.75, 3.05) is 45.3 Å². The molecule has 1 unspecified atom stereocenters.